The lowest BCUT2D eigenvalue weighted by Gasteiger charge is -2.23. The molecule has 1 aromatic rings. The number of carbonyl (C=O) groups excluding carboxylic acids is 1. The summed E-state index contributed by atoms with van der Waals surface area (Å²) in [6.45, 7) is 0. The molecule has 0 spiro atoms. The molecule has 1 saturated carbocycles. The molecule has 3 aliphatic rings. The lowest BCUT2D eigenvalue weighted by molar-refractivity contribution is 0.100. The summed E-state index contributed by atoms with van der Waals surface area (Å²) in [6.07, 6.45) is 1.11. The van der Waals surface area contributed by atoms with Crippen molar-refractivity contribution in [3.05, 3.63) is 35.4 Å². The summed E-state index contributed by atoms with van der Waals surface area (Å²) in [7, 11) is 1.47. The van der Waals surface area contributed by atoms with Gasteiger partial charge in [-0.15, -0.1) is 0 Å². The standard InChI is InChI=1S/C13H13NO2/c1-16-13(15)14-11-7-4-2-3-5-8(7)12(14)10-6-9(10)11/h2-5,9-12H,6H2,1H3. The van der Waals surface area contributed by atoms with Crippen LogP contribution in [-0.2, 0) is 4.74 Å². The second kappa shape index (κ2) is 2.59. The maximum atomic E-state index is 11.8. The van der Waals surface area contributed by atoms with Crippen LogP contribution >= 0.6 is 0 Å². The predicted molar refractivity (Wildman–Crippen MR) is 57.8 cm³/mol. The van der Waals surface area contributed by atoms with Crippen molar-refractivity contribution in [3.63, 3.8) is 0 Å². The van der Waals surface area contributed by atoms with E-state index in [2.05, 4.69) is 24.3 Å². The van der Waals surface area contributed by atoms with E-state index in [-0.39, 0.29) is 6.09 Å². The molecule has 0 radical (unpaired) electrons. The van der Waals surface area contributed by atoms with Gasteiger partial charge in [-0.1, -0.05) is 24.3 Å². The van der Waals surface area contributed by atoms with Crippen LogP contribution in [0.4, 0.5) is 4.79 Å². The molecule has 2 aliphatic heterocycles. The highest BCUT2D eigenvalue weighted by Gasteiger charge is 2.65. The van der Waals surface area contributed by atoms with Crippen molar-refractivity contribution < 1.29 is 9.53 Å². The van der Waals surface area contributed by atoms with E-state index in [1.807, 2.05) is 4.90 Å². The van der Waals surface area contributed by atoms with Gasteiger partial charge in [0, 0.05) is 0 Å². The van der Waals surface area contributed by atoms with E-state index in [9.17, 15) is 4.79 Å². The van der Waals surface area contributed by atoms with Gasteiger partial charge in [0.25, 0.3) is 0 Å². The zero-order valence-corrected chi connectivity index (χ0v) is 9.09. The van der Waals surface area contributed by atoms with Crippen LogP contribution in [0.15, 0.2) is 24.3 Å². The molecule has 2 bridgehead atoms. The van der Waals surface area contributed by atoms with E-state index < -0.39 is 0 Å². The quantitative estimate of drug-likeness (QED) is 0.665. The van der Waals surface area contributed by atoms with Crippen LogP contribution in [0.25, 0.3) is 0 Å². The number of nitrogens with zero attached hydrogens (tertiary/aromatic N) is 1. The van der Waals surface area contributed by atoms with Gasteiger partial charge in [-0.2, -0.15) is 0 Å². The average molecular weight is 215 g/mol. The number of carbonyl (C=O) groups is 1. The fourth-order valence-corrected chi connectivity index (χ4v) is 3.69. The Morgan fingerprint density at radius 1 is 1.25 bits per heavy atom. The number of rotatable bonds is 0. The van der Waals surface area contributed by atoms with Crippen LogP contribution in [-0.4, -0.2) is 18.1 Å². The number of fused-ring (bicyclic) bond motifs is 8. The molecule has 82 valence electrons. The predicted octanol–water partition coefficient (Wildman–Crippen LogP) is 2.50. The van der Waals surface area contributed by atoms with Crippen LogP contribution in [0.1, 0.15) is 29.6 Å². The Morgan fingerprint density at radius 2 is 1.81 bits per heavy atom. The highest BCUT2D eigenvalue weighted by Crippen LogP contribution is 2.70. The van der Waals surface area contributed by atoms with Crippen LogP contribution in [0, 0.1) is 11.8 Å². The Morgan fingerprint density at radius 3 is 2.31 bits per heavy atom. The van der Waals surface area contributed by atoms with Gasteiger partial charge < -0.3 is 4.74 Å². The normalized spacial score (nSPS) is 36.9. The second-order valence-corrected chi connectivity index (χ2v) is 4.96. The number of methoxy groups -OCH3 is 1. The third kappa shape index (κ3) is 0.797. The molecule has 4 atom stereocenters. The minimum atomic E-state index is -0.168. The van der Waals surface area contributed by atoms with Crippen molar-refractivity contribution in [2.24, 2.45) is 11.8 Å². The fourth-order valence-electron chi connectivity index (χ4n) is 3.69. The fraction of sp³-hybridized carbons (Fsp3) is 0.462. The molecule has 1 saturated heterocycles. The average Bonchev–Trinajstić information content (AvgIpc) is 2.97. The maximum Gasteiger partial charge on any atom is 0.410 e. The van der Waals surface area contributed by atoms with E-state index in [0.717, 1.165) is 0 Å². The van der Waals surface area contributed by atoms with Crippen molar-refractivity contribution in [2.75, 3.05) is 7.11 Å². The zero-order chi connectivity index (χ0) is 10.9. The molecule has 4 unspecified atom stereocenters. The van der Waals surface area contributed by atoms with Gasteiger partial charge >= 0.3 is 6.09 Å². The highest BCUT2D eigenvalue weighted by atomic mass is 16.5. The summed E-state index contributed by atoms with van der Waals surface area (Å²) < 4.78 is 4.90. The lowest BCUT2D eigenvalue weighted by Crippen LogP contribution is -2.30. The first-order chi connectivity index (χ1) is 7.83. The Kier molecular flexibility index (Phi) is 1.40. The first kappa shape index (κ1) is 8.62. The Bertz CT molecular complexity index is 450. The van der Waals surface area contributed by atoms with Crippen molar-refractivity contribution in [2.45, 2.75) is 18.5 Å². The summed E-state index contributed by atoms with van der Waals surface area (Å²) in [5.74, 6) is 1.39. The van der Waals surface area contributed by atoms with Crippen LogP contribution in [0.5, 0.6) is 0 Å². The smallest absolute Gasteiger partial charge is 0.410 e. The molecule has 3 heteroatoms. The highest BCUT2D eigenvalue weighted by molar-refractivity contribution is 5.72. The van der Waals surface area contributed by atoms with E-state index >= 15 is 0 Å². The van der Waals surface area contributed by atoms with E-state index in [4.69, 9.17) is 4.74 Å². The van der Waals surface area contributed by atoms with Crippen molar-refractivity contribution >= 4 is 6.09 Å². The molecule has 16 heavy (non-hydrogen) atoms. The van der Waals surface area contributed by atoms with Gasteiger partial charge in [0.2, 0.25) is 0 Å². The van der Waals surface area contributed by atoms with Gasteiger partial charge in [-0.25, -0.2) is 4.79 Å². The molecule has 1 aromatic carbocycles. The number of hydrogen-bond donors (Lipinski definition) is 0. The molecule has 4 rings (SSSR count). The second-order valence-electron chi connectivity index (χ2n) is 4.96. The van der Waals surface area contributed by atoms with Gasteiger partial charge in [0.15, 0.2) is 0 Å². The first-order valence-electron chi connectivity index (χ1n) is 5.78. The monoisotopic (exact) mass is 215 g/mol. The molecule has 1 aliphatic carbocycles. The summed E-state index contributed by atoms with van der Waals surface area (Å²) in [5, 5.41) is 0. The molecule has 0 aromatic heterocycles. The Balaban J connectivity index is 1.86. The summed E-state index contributed by atoms with van der Waals surface area (Å²) in [6, 6.07) is 9.02. The third-order valence-electron chi connectivity index (χ3n) is 4.32. The maximum absolute atomic E-state index is 11.8. The number of benzene rings is 1. The first-order valence-corrected chi connectivity index (χ1v) is 5.78. The minimum Gasteiger partial charge on any atom is -0.453 e. The molecular weight excluding hydrogens is 202 g/mol. The largest absolute Gasteiger partial charge is 0.453 e. The summed E-state index contributed by atoms with van der Waals surface area (Å²) in [5.41, 5.74) is 2.69. The van der Waals surface area contributed by atoms with E-state index in [1.54, 1.807) is 0 Å². The van der Waals surface area contributed by atoms with Crippen LogP contribution in [0.2, 0.25) is 0 Å². The zero-order valence-electron chi connectivity index (χ0n) is 9.09. The van der Waals surface area contributed by atoms with Crippen LogP contribution in [0.3, 0.4) is 0 Å². The topological polar surface area (TPSA) is 29.5 Å². The number of ether oxygens (including phenoxy) is 1. The number of hydrogen-bond acceptors (Lipinski definition) is 2. The lowest BCUT2D eigenvalue weighted by atomic mass is 9.92. The van der Waals surface area contributed by atoms with Crippen molar-refractivity contribution in [1.29, 1.82) is 0 Å². The van der Waals surface area contributed by atoms with Crippen LogP contribution < -0.4 is 0 Å². The Labute approximate surface area is 94.0 Å². The van der Waals surface area contributed by atoms with Gasteiger partial charge in [0.05, 0.1) is 19.2 Å². The Hall–Kier alpha value is -1.51. The molecule has 2 fully saturated rings. The molecule has 1 amide bonds. The van der Waals surface area contributed by atoms with Gasteiger partial charge in [-0.05, 0) is 29.4 Å². The summed E-state index contributed by atoms with van der Waals surface area (Å²) >= 11 is 0. The van der Waals surface area contributed by atoms with Gasteiger partial charge in [0.1, 0.15) is 0 Å². The molecule has 2 heterocycles. The number of amides is 1. The van der Waals surface area contributed by atoms with Gasteiger partial charge in [-0.3, -0.25) is 4.90 Å². The number of piperidine rings is 1. The van der Waals surface area contributed by atoms with Crippen molar-refractivity contribution in [1.82, 2.24) is 4.90 Å². The summed E-state index contributed by atoms with van der Waals surface area (Å²) in [4.78, 5) is 13.8. The van der Waals surface area contributed by atoms with E-state index in [1.165, 1.54) is 24.7 Å². The third-order valence-corrected chi connectivity index (χ3v) is 4.32. The van der Waals surface area contributed by atoms with Crippen molar-refractivity contribution in [3.8, 4) is 0 Å². The minimum absolute atomic E-state index is 0.168. The van der Waals surface area contributed by atoms with E-state index in [0.29, 0.717) is 23.9 Å². The molecular formula is C13H13NO2. The molecule has 3 nitrogen and oxygen atoms in total. The SMILES string of the molecule is COC(=O)N1C2c3ccccc3C1C1CC12. The molecule has 0 N–H and O–H groups in total.